The summed E-state index contributed by atoms with van der Waals surface area (Å²) in [5.74, 6) is 1.16. The van der Waals surface area contributed by atoms with Gasteiger partial charge in [0.05, 0.1) is 0 Å². The first kappa shape index (κ1) is 20.8. The first-order valence-electron chi connectivity index (χ1n) is 10.1. The molecule has 4 aromatic rings. The van der Waals surface area contributed by atoms with Gasteiger partial charge in [0.2, 0.25) is 0 Å². The average molecular weight is 430 g/mol. The number of benzene rings is 3. The second kappa shape index (κ2) is 10.00. The SMILES string of the molecule is Cc1ccc(Cc2nsc(Oc3cccc(C(=O)NCCc4ccccc4)c3)n2)cc1. The Morgan fingerprint density at radius 3 is 2.58 bits per heavy atom. The summed E-state index contributed by atoms with van der Waals surface area (Å²) < 4.78 is 10.2. The zero-order valence-electron chi connectivity index (χ0n) is 17.2. The average Bonchev–Trinajstić information content (AvgIpc) is 3.23. The van der Waals surface area contributed by atoms with E-state index in [1.165, 1.54) is 22.7 Å². The molecule has 0 aliphatic rings. The van der Waals surface area contributed by atoms with Crippen molar-refractivity contribution in [2.75, 3.05) is 6.54 Å². The van der Waals surface area contributed by atoms with E-state index in [-0.39, 0.29) is 5.91 Å². The van der Waals surface area contributed by atoms with Crippen molar-refractivity contribution in [1.29, 1.82) is 0 Å². The fraction of sp³-hybridized carbons (Fsp3) is 0.160. The van der Waals surface area contributed by atoms with Gasteiger partial charge in [-0.15, -0.1) is 0 Å². The smallest absolute Gasteiger partial charge is 0.298 e. The second-order valence-corrected chi connectivity index (χ2v) is 7.97. The Bertz CT molecular complexity index is 1140. The van der Waals surface area contributed by atoms with Crippen molar-refractivity contribution in [1.82, 2.24) is 14.7 Å². The summed E-state index contributed by atoms with van der Waals surface area (Å²) in [5, 5.41) is 3.42. The molecule has 156 valence electrons. The summed E-state index contributed by atoms with van der Waals surface area (Å²) in [6, 6.07) is 25.5. The molecule has 0 atom stereocenters. The van der Waals surface area contributed by atoms with Gasteiger partial charge in [-0.3, -0.25) is 4.79 Å². The maximum Gasteiger partial charge on any atom is 0.298 e. The number of amides is 1. The molecule has 1 N–H and O–H groups in total. The Kier molecular flexibility index (Phi) is 6.69. The Hall–Kier alpha value is -3.51. The molecule has 0 saturated carbocycles. The normalized spacial score (nSPS) is 10.6. The molecule has 0 radical (unpaired) electrons. The molecule has 0 fully saturated rings. The van der Waals surface area contributed by atoms with Gasteiger partial charge in [-0.1, -0.05) is 66.2 Å². The van der Waals surface area contributed by atoms with Gasteiger partial charge in [-0.25, -0.2) is 0 Å². The summed E-state index contributed by atoms with van der Waals surface area (Å²) >= 11 is 1.21. The van der Waals surface area contributed by atoms with Crippen LogP contribution in [0.2, 0.25) is 0 Å². The zero-order chi connectivity index (χ0) is 21.5. The Balaban J connectivity index is 1.33. The van der Waals surface area contributed by atoms with Crippen LogP contribution in [-0.2, 0) is 12.8 Å². The van der Waals surface area contributed by atoms with Gasteiger partial charge in [0.25, 0.3) is 11.1 Å². The predicted molar refractivity (Wildman–Crippen MR) is 123 cm³/mol. The molecule has 3 aromatic carbocycles. The lowest BCUT2D eigenvalue weighted by atomic mass is 10.1. The molecule has 0 aliphatic carbocycles. The van der Waals surface area contributed by atoms with E-state index >= 15 is 0 Å². The number of aromatic nitrogens is 2. The first-order chi connectivity index (χ1) is 15.2. The highest BCUT2D eigenvalue weighted by molar-refractivity contribution is 7.07. The fourth-order valence-electron chi connectivity index (χ4n) is 3.11. The summed E-state index contributed by atoms with van der Waals surface area (Å²) in [4.78, 5) is 16.9. The molecular formula is C25H23N3O2S. The van der Waals surface area contributed by atoms with E-state index in [0.29, 0.717) is 29.5 Å². The van der Waals surface area contributed by atoms with E-state index in [0.717, 1.165) is 17.8 Å². The lowest BCUT2D eigenvalue weighted by Crippen LogP contribution is -2.25. The van der Waals surface area contributed by atoms with Crippen molar-refractivity contribution < 1.29 is 9.53 Å². The van der Waals surface area contributed by atoms with Crippen LogP contribution in [0.1, 0.15) is 32.9 Å². The highest BCUT2D eigenvalue weighted by Crippen LogP contribution is 2.24. The van der Waals surface area contributed by atoms with Crippen LogP contribution in [0.5, 0.6) is 10.9 Å². The van der Waals surface area contributed by atoms with Crippen LogP contribution in [-0.4, -0.2) is 21.8 Å². The van der Waals surface area contributed by atoms with Crippen LogP contribution in [0.3, 0.4) is 0 Å². The van der Waals surface area contributed by atoms with Gasteiger partial charge < -0.3 is 10.1 Å². The van der Waals surface area contributed by atoms with E-state index in [1.807, 2.05) is 24.3 Å². The van der Waals surface area contributed by atoms with Gasteiger partial charge in [0, 0.05) is 30.1 Å². The number of nitrogens with zero attached hydrogens (tertiary/aromatic N) is 2. The van der Waals surface area contributed by atoms with Gasteiger partial charge in [-0.05, 0) is 42.7 Å². The highest BCUT2D eigenvalue weighted by Gasteiger charge is 2.10. The van der Waals surface area contributed by atoms with Crippen LogP contribution in [0, 0.1) is 6.92 Å². The molecule has 1 heterocycles. The topological polar surface area (TPSA) is 64.1 Å². The molecule has 0 saturated heterocycles. The number of rotatable bonds is 8. The van der Waals surface area contributed by atoms with Crippen LogP contribution in [0.4, 0.5) is 0 Å². The number of ether oxygens (including phenoxy) is 1. The Morgan fingerprint density at radius 2 is 1.77 bits per heavy atom. The molecule has 31 heavy (non-hydrogen) atoms. The molecule has 0 spiro atoms. The van der Waals surface area contributed by atoms with E-state index in [2.05, 4.69) is 58.0 Å². The van der Waals surface area contributed by atoms with Crippen molar-refractivity contribution in [2.45, 2.75) is 19.8 Å². The van der Waals surface area contributed by atoms with Crippen molar-refractivity contribution in [3.05, 3.63) is 107 Å². The third-order valence-electron chi connectivity index (χ3n) is 4.78. The lowest BCUT2D eigenvalue weighted by Gasteiger charge is -2.07. The zero-order valence-corrected chi connectivity index (χ0v) is 18.1. The van der Waals surface area contributed by atoms with E-state index in [9.17, 15) is 4.79 Å². The molecule has 1 aromatic heterocycles. The molecular weight excluding hydrogens is 406 g/mol. The lowest BCUT2D eigenvalue weighted by molar-refractivity contribution is 0.0954. The predicted octanol–water partition coefficient (Wildman–Crippen LogP) is 5.20. The van der Waals surface area contributed by atoms with Crippen molar-refractivity contribution in [3.8, 4) is 10.9 Å². The second-order valence-electron chi connectivity index (χ2n) is 7.26. The molecule has 5 nitrogen and oxygen atoms in total. The van der Waals surface area contributed by atoms with Crippen LogP contribution >= 0.6 is 11.5 Å². The Morgan fingerprint density at radius 1 is 0.968 bits per heavy atom. The Labute approximate surface area is 185 Å². The molecule has 6 heteroatoms. The molecule has 0 bridgehead atoms. The van der Waals surface area contributed by atoms with E-state index in [1.54, 1.807) is 18.2 Å². The minimum absolute atomic E-state index is 0.126. The van der Waals surface area contributed by atoms with Gasteiger partial charge in [0.15, 0.2) is 5.82 Å². The first-order valence-corrected chi connectivity index (χ1v) is 10.9. The van der Waals surface area contributed by atoms with E-state index in [4.69, 9.17) is 4.74 Å². The number of hydrogen-bond donors (Lipinski definition) is 1. The standard InChI is InChI=1S/C25H23N3O2S/c1-18-10-12-20(13-11-18)16-23-27-25(31-28-23)30-22-9-5-8-21(17-22)24(29)26-15-14-19-6-3-2-4-7-19/h2-13,17H,14-16H2,1H3,(H,26,29). The van der Waals surface area contributed by atoms with Gasteiger partial charge in [0.1, 0.15) is 5.75 Å². The number of hydrogen-bond acceptors (Lipinski definition) is 5. The molecule has 0 unspecified atom stereocenters. The summed E-state index contributed by atoms with van der Waals surface area (Å²) in [6.45, 7) is 2.64. The minimum atomic E-state index is -0.126. The van der Waals surface area contributed by atoms with Crippen LogP contribution in [0.15, 0.2) is 78.9 Å². The van der Waals surface area contributed by atoms with Crippen molar-refractivity contribution in [2.24, 2.45) is 0 Å². The summed E-state index contributed by atoms with van der Waals surface area (Å²) in [6.07, 6.45) is 1.45. The van der Waals surface area contributed by atoms with Crippen molar-refractivity contribution in [3.63, 3.8) is 0 Å². The molecule has 0 aliphatic heterocycles. The summed E-state index contributed by atoms with van der Waals surface area (Å²) in [7, 11) is 0. The van der Waals surface area contributed by atoms with Crippen molar-refractivity contribution >= 4 is 17.4 Å². The quantitative estimate of drug-likeness (QED) is 0.418. The minimum Gasteiger partial charge on any atom is -0.430 e. The number of carbonyl (C=O) groups is 1. The molecule has 4 rings (SSSR count). The third-order valence-corrected chi connectivity index (χ3v) is 5.41. The maximum absolute atomic E-state index is 12.5. The third kappa shape index (κ3) is 5.99. The van der Waals surface area contributed by atoms with Gasteiger partial charge >= 0.3 is 0 Å². The monoisotopic (exact) mass is 429 g/mol. The largest absolute Gasteiger partial charge is 0.430 e. The molecule has 1 amide bonds. The van der Waals surface area contributed by atoms with Gasteiger partial charge in [-0.2, -0.15) is 9.36 Å². The fourth-order valence-corrected chi connectivity index (χ4v) is 3.68. The maximum atomic E-state index is 12.5. The van der Waals surface area contributed by atoms with Crippen LogP contribution < -0.4 is 10.1 Å². The number of carbonyl (C=O) groups excluding carboxylic acids is 1. The summed E-state index contributed by atoms with van der Waals surface area (Å²) in [5.41, 5.74) is 4.12. The number of aryl methyl sites for hydroxylation is 1. The van der Waals surface area contributed by atoms with E-state index < -0.39 is 0 Å². The highest BCUT2D eigenvalue weighted by atomic mass is 32.1. The van der Waals surface area contributed by atoms with Crippen LogP contribution in [0.25, 0.3) is 0 Å². The number of nitrogens with one attached hydrogen (secondary N) is 1.